The van der Waals surface area contributed by atoms with Crippen molar-refractivity contribution in [2.24, 2.45) is 0 Å². The topological polar surface area (TPSA) is 64.6 Å². The van der Waals surface area contributed by atoms with Gasteiger partial charge in [-0.1, -0.05) is 37.5 Å². The van der Waals surface area contributed by atoms with E-state index in [2.05, 4.69) is 5.32 Å². The summed E-state index contributed by atoms with van der Waals surface area (Å²) in [5.74, 6) is -0.793. The quantitative estimate of drug-likeness (QED) is 0.705. The SMILES string of the molecule is CCOC(=O)c1cc(NC(=O)C2(c3ccccc3F)CCCCC2)ccc1OC. The first kappa shape index (κ1) is 20.8. The Morgan fingerprint density at radius 1 is 1.10 bits per heavy atom. The predicted octanol–water partition coefficient (Wildman–Crippen LogP) is 4.85. The molecule has 0 radical (unpaired) electrons. The highest BCUT2D eigenvalue weighted by molar-refractivity contribution is 6.01. The van der Waals surface area contributed by atoms with Gasteiger partial charge >= 0.3 is 5.97 Å². The maximum atomic E-state index is 14.6. The van der Waals surface area contributed by atoms with Crippen LogP contribution in [0.4, 0.5) is 10.1 Å². The van der Waals surface area contributed by atoms with E-state index in [4.69, 9.17) is 9.47 Å². The van der Waals surface area contributed by atoms with Crippen LogP contribution < -0.4 is 10.1 Å². The van der Waals surface area contributed by atoms with Crippen LogP contribution in [0.2, 0.25) is 0 Å². The molecule has 1 fully saturated rings. The third kappa shape index (κ3) is 4.26. The van der Waals surface area contributed by atoms with Crippen LogP contribution in [0.15, 0.2) is 42.5 Å². The molecule has 29 heavy (non-hydrogen) atoms. The zero-order valence-corrected chi connectivity index (χ0v) is 16.8. The molecule has 0 atom stereocenters. The predicted molar refractivity (Wildman–Crippen MR) is 109 cm³/mol. The zero-order chi connectivity index (χ0) is 20.9. The van der Waals surface area contributed by atoms with Crippen LogP contribution in [0.3, 0.4) is 0 Å². The number of ether oxygens (including phenoxy) is 2. The highest BCUT2D eigenvalue weighted by Gasteiger charge is 2.42. The molecule has 1 amide bonds. The van der Waals surface area contributed by atoms with E-state index in [1.54, 1.807) is 37.3 Å². The first-order chi connectivity index (χ1) is 14.0. The van der Waals surface area contributed by atoms with Gasteiger partial charge in [-0.25, -0.2) is 9.18 Å². The molecule has 0 saturated heterocycles. The minimum Gasteiger partial charge on any atom is -0.496 e. The van der Waals surface area contributed by atoms with Gasteiger partial charge in [0.2, 0.25) is 5.91 Å². The molecule has 1 N–H and O–H groups in total. The van der Waals surface area contributed by atoms with Gasteiger partial charge in [0.25, 0.3) is 0 Å². The van der Waals surface area contributed by atoms with E-state index in [1.165, 1.54) is 19.2 Å². The number of anilines is 1. The number of benzene rings is 2. The van der Waals surface area contributed by atoms with Crippen LogP contribution in [0.1, 0.15) is 54.9 Å². The molecule has 5 nitrogen and oxygen atoms in total. The number of rotatable bonds is 6. The Kier molecular flexibility index (Phi) is 6.52. The Labute approximate surface area is 170 Å². The molecular formula is C23H26FNO4. The van der Waals surface area contributed by atoms with Crippen molar-refractivity contribution < 1.29 is 23.5 Å². The largest absolute Gasteiger partial charge is 0.496 e. The highest BCUT2D eigenvalue weighted by Crippen LogP contribution is 2.41. The molecule has 2 aromatic carbocycles. The lowest BCUT2D eigenvalue weighted by Crippen LogP contribution is -2.42. The smallest absolute Gasteiger partial charge is 0.341 e. The molecule has 1 saturated carbocycles. The molecule has 0 aliphatic heterocycles. The molecule has 0 bridgehead atoms. The Morgan fingerprint density at radius 3 is 2.48 bits per heavy atom. The molecule has 0 heterocycles. The number of halogens is 1. The second kappa shape index (κ2) is 9.07. The average molecular weight is 399 g/mol. The van der Waals surface area contributed by atoms with Gasteiger partial charge < -0.3 is 14.8 Å². The van der Waals surface area contributed by atoms with Crippen LogP contribution >= 0.6 is 0 Å². The average Bonchev–Trinajstić information content (AvgIpc) is 2.74. The van der Waals surface area contributed by atoms with Crippen LogP contribution in [0.5, 0.6) is 5.75 Å². The summed E-state index contributed by atoms with van der Waals surface area (Å²) in [6, 6.07) is 11.3. The van der Waals surface area contributed by atoms with E-state index in [1.807, 2.05) is 0 Å². The second-order valence-corrected chi connectivity index (χ2v) is 7.21. The zero-order valence-electron chi connectivity index (χ0n) is 16.8. The minimum atomic E-state index is -0.923. The Hall–Kier alpha value is -2.89. The summed E-state index contributed by atoms with van der Waals surface area (Å²) in [4.78, 5) is 25.6. The molecule has 6 heteroatoms. The Bertz CT molecular complexity index is 890. The van der Waals surface area contributed by atoms with Gasteiger partial charge in [-0.3, -0.25) is 4.79 Å². The fourth-order valence-electron chi connectivity index (χ4n) is 4.03. The number of nitrogens with one attached hydrogen (secondary N) is 1. The number of amides is 1. The summed E-state index contributed by atoms with van der Waals surface area (Å²) in [6.07, 6.45) is 3.91. The van der Waals surface area contributed by atoms with Gasteiger partial charge in [0.15, 0.2) is 0 Å². The van der Waals surface area contributed by atoms with E-state index in [0.717, 1.165) is 19.3 Å². The number of hydrogen-bond donors (Lipinski definition) is 1. The number of carbonyl (C=O) groups excluding carboxylic acids is 2. The maximum Gasteiger partial charge on any atom is 0.341 e. The molecule has 3 rings (SSSR count). The lowest BCUT2D eigenvalue weighted by Gasteiger charge is -2.36. The Balaban J connectivity index is 1.94. The summed E-state index contributed by atoms with van der Waals surface area (Å²) in [6.45, 7) is 1.95. The molecule has 0 spiro atoms. The minimum absolute atomic E-state index is 0.231. The van der Waals surface area contributed by atoms with Crippen molar-refractivity contribution >= 4 is 17.6 Å². The Morgan fingerprint density at radius 2 is 1.83 bits per heavy atom. The van der Waals surface area contributed by atoms with Crippen molar-refractivity contribution in [1.82, 2.24) is 0 Å². The fraction of sp³-hybridized carbons (Fsp3) is 0.391. The van der Waals surface area contributed by atoms with E-state index < -0.39 is 11.4 Å². The van der Waals surface area contributed by atoms with Gasteiger partial charge in [-0.05, 0) is 44.0 Å². The van der Waals surface area contributed by atoms with Crippen molar-refractivity contribution in [3.63, 3.8) is 0 Å². The van der Waals surface area contributed by atoms with Crippen molar-refractivity contribution in [1.29, 1.82) is 0 Å². The van der Waals surface area contributed by atoms with Gasteiger partial charge in [0.1, 0.15) is 17.1 Å². The van der Waals surface area contributed by atoms with E-state index in [-0.39, 0.29) is 23.9 Å². The number of hydrogen-bond acceptors (Lipinski definition) is 4. The standard InChI is InChI=1S/C23H26FNO4/c1-3-29-21(26)17-15-16(11-12-20(17)28-2)25-22(27)23(13-7-4-8-14-23)18-9-5-6-10-19(18)24/h5-6,9-12,15H,3-4,7-8,13-14H2,1-2H3,(H,25,27). The van der Waals surface area contributed by atoms with E-state index in [9.17, 15) is 14.0 Å². The normalized spacial score (nSPS) is 15.4. The lowest BCUT2D eigenvalue weighted by atomic mass is 9.68. The van der Waals surface area contributed by atoms with Gasteiger partial charge in [0.05, 0.1) is 19.1 Å². The molecule has 154 valence electrons. The molecule has 1 aliphatic carbocycles. The molecule has 2 aromatic rings. The number of esters is 1. The maximum absolute atomic E-state index is 14.6. The van der Waals surface area contributed by atoms with E-state index >= 15 is 0 Å². The van der Waals surface area contributed by atoms with Crippen molar-refractivity contribution in [2.45, 2.75) is 44.4 Å². The van der Waals surface area contributed by atoms with Crippen LogP contribution in [-0.4, -0.2) is 25.6 Å². The van der Waals surface area contributed by atoms with Crippen molar-refractivity contribution in [2.75, 3.05) is 19.0 Å². The van der Waals surface area contributed by atoms with Gasteiger partial charge in [-0.15, -0.1) is 0 Å². The summed E-state index contributed by atoms with van der Waals surface area (Å²) in [7, 11) is 1.46. The van der Waals surface area contributed by atoms with Gasteiger partial charge in [0, 0.05) is 11.3 Å². The van der Waals surface area contributed by atoms with E-state index in [0.29, 0.717) is 29.8 Å². The second-order valence-electron chi connectivity index (χ2n) is 7.21. The lowest BCUT2D eigenvalue weighted by molar-refractivity contribution is -0.122. The van der Waals surface area contributed by atoms with Gasteiger partial charge in [-0.2, -0.15) is 0 Å². The fourth-order valence-corrected chi connectivity index (χ4v) is 4.03. The van der Waals surface area contributed by atoms with Crippen molar-refractivity contribution in [3.8, 4) is 5.75 Å². The summed E-state index contributed by atoms with van der Waals surface area (Å²) >= 11 is 0. The van der Waals surface area contributed by atoms with Crippen LogP contribution in [0, 0.1) is 5.82 Å². The van der Waals surface area contributed by atoms with Crippen LogP contribution in [-0.2, 0) is 14.9 Å². The highest BCUT2D eigenvalue weighted by atomic mass is 19.1. The molecule has 0 aromatic heterocycles. The molecule has 0 unspecified atom stereocenters. The number of methoxy groups -OCH3 is 1. The summed E-state index contributed by atoms with van der Waals surface area (Å²) < 4.78 is 24.9. The van der Waals surface area contributed by atoms with Crippen molar-refractivity contribution in [3.05, 3.63) is 59.4 Å². The summed E-state index contributed by atoms with van der Waals surface area (Å²) in [5.41, 5.74) is 0.181. The number of carbonyl (C=O) groups is 2. The third-order valence-corrected chi connectivity index (χ3v) is 5.48. The van der Waals surface area contributed by atoms with Crippen LogP contribution in [0.25, 0.3) is 0 Å². The first-order valence-corrected chi connectivity index (χ1v) is 9.93. The first-order valence-electron chi connectivity index (χ1n) is 9.93. The summed E-state index contributed by atoms with van der Waals surface area (Å²) in [5, 5.41) is 2.90. The third-order valence-electron chi connectivity index (χ3n) is 5.48. The monoisotopic (exact) mass is 399 g/mol. The molecule has 1 aliphatic rings. The molecular weight excluding hydrogens is 373 g/mol.